The number of benzene rings is 1. The Balaban J connectivity index is 0.000000510. The minimum absolute atomic E-state index is 0.171. The van der Waals surface area contributed by atoms with Crippen molar-refractivity contribution < 1.29 is 9.53 Å². The van der Waals surface area contributed by atoms with Gasteiger partial charge in [0.25, 0.3) is 0 Å². The molecule has 0 saturated heterocycles. The molecule has 0 atom stereocenters. The number of carbonyl (C=O) groups is 1. The van der Waals surface area contributed by atoms with Crippen LogP contribution in [0.2, 0.25) is 0 Å². The summed E-state index contributed by atoms with van der Waals surface area (Å²) >= 11 is 0. The van der Waals surface area contributed by atoms with Gasteiger partial charge in [0.1, 0.15) is 6.61 Å². The summed E-state index contributed by atoms with van der Waals surface area (Å²) in [6.45, 7) is 8.41. The van der Waals surface area contributed by atoms with Gasteiger partial charge in [-0.05, 0) is 18.9 Å². The summed E-state index contributed by atoms with van der Waals surface area (Å²) in [5, 5.41) is 0. The van der Waals surface area contributed by atoms with Crippen molar-refractivity contribution in [2.75, 3.05) is 4.90 Å². The number of hydrogen-bond donors (Lipinski definition) is 0. The van der Waals surface area contributed by atoms with Gasteiger partial charge in [0.2, 0.25) is 0 Å². The molecule has 1 heterocycles. The summed E-state index contributed by atoms with van der Waals surface area (Å²) in [5.41, 5.74) is 2.17. The molecule has 0 bridgehead atoms. The Bertz CT molecular complexity index is 425. The fourth-order valence-corrected chi connectivity index (χ4v) is 2.86. The van der Waals surface area contributed by atoms with Crippen molar-refractivity contribution in [2.45, 2.75) is 72.4 Å². The predicted molar refractivity (Wildman–Crippen MR) is 88.7 cm³/mol. The number of carbonyl (C=O) groups excluding carboxylic acids is 1. The van der Waals surface area contributed by atoms with Crippen molar-refractivity contribution in [3.63, 3.8) is 0 Å². The molecule has 0 N–H and O–H groups in total. The van der Waals surface area contributed by atoms with Crippen LogP contribution in [0.5, 0.6) is 0 Å². The van der Waals surface area contributed by atoms with E-state index >= 15 is 0 Å². The maximum Gasteiger partial charge on any atom is 0.414 e. The number of nitrogens with zero attached hydrogens (tertiary/aromatic N) is 1. The predicted octanol–water partition coefficient (Wildman–Crippen LogP) is 5.53. The first kappa shape index (κ1) is 17.5. The Morgan fingerprint density at radius 2 is 1.62 bits per heavy atom. The molecule has 1 fully saturated rings. The Kier molecular flexibility index (Phi) is 7.88. The van der Waals surface area contributed by atoms with Crippen LogP contribution in [-0.2, 0) is 11.3 Å². The van der Waals surface area contributed by atoms with Gasteiger partial charge in [-0.2, -0.15) is 0 Å². The SMILES string of the molecule is CC.CC.O=C1OCc2ccccc2N1C1CCCCC1. The Morgan fingerprint density at radius 3 is 2.29 bits per heavy atom. The molecule has 1 amide bonds. The van der Waals surface area contributed by atoms with Gasteiger partial charge < -0.3 is 4.74 Å². The molecule has 3 nitrogen and oxygen atoms in total. The highest BCUT2D eigenvalue weighted by atomic mass is 16.6. The van der Waals surface area contributed by atoms with E-state index in [1.165, 1.54) is 19.3 Å². The maximum absolute atomic E-state index is 12.0. The molecule has 118 valence electrons. The number of hydrogen-bond acceptors (Lipinski definition) is 2. The highest BCUT2D eigenvalue weighted by molar-refractivity contribution is 5.91. The fourth-order valence-electron chi connectivity index (χ4n) is 2.86. The summed E-state index contributed by atoms with van der Waals surface area (Å²) in [4.78, 5) is 13.8. The van der Waals surface area contributed by atoms with Crippen molar-refractivity contribution in [3.8, 4) is 0 Å². The molecular weight excluding hydrogens is 262 g/mol. The number of anilines is 1. The summed E-state index contributed by atoms with van der Waals surface area (Å²) in [7, 11) is 0. The highest BCUT2D eigenvalue weighted by Gasteiger charge is 2.32. The Labute approximate surface area is 129 Å². The van der Waals surface area contributed by atoms with E-state index in [1.54, 1.807) is 0 Å². The summed E-state index contributed by atoms with van der Waals surface area (Å²) in [6, 6.07) is 8.39. The number of cyclic esters (lactones) is 1. The smallest absolute Gasteiger partial charge is 0.414 e. The lowest BCUT2D eigenvalue weighted by atomic mass is 9.93. The Hall–Kier alpha value is -1.51. The van der Waals surface area contributed by atoms with Crippen LogP contribution in [-0.4, -0.2) is 12.1 Å². The minimum Gasteiger partial charge on any atom is -0.444 e. The molecule has 1 saturated carbocycles. The zero-order valence-corrected chi connectivity index (χ0v) is 13.9. The lowest BCUT2D eigenvalue weighted by Gasteiger charge is -2.37. The highest BCUT2D eigenvalue weighted by Crippen LogP contribution is 2.33. The van der Waals surface area contributed by atoms with E-state index in [2.05, 4.69) is 0 Å². The van der Waals surface area contributed by atoms with E-state index < -0.39 is 0 Å². The van der Waals surface area contributed by atoms with Gasteiger partial charge in [0.15, 0.2) is 0 Å². The van der Waals surface area contributed by atoms with Gasteiger partial charge in [-0.3, -0.25) is 4.90 Å². The van der Waals surface area contributed by atoms with Gasteiger partial charge >= 0.3 is 6.09 Å². The third-order valence-electron chi connectivity index (χ3n) is 3.74. The third kappa shape index (κ3) is 4.23. The van der Waals surface area contributed by atoms with E-state index in [9.17, 15) is 4.79 Å². The fraction of sp³-hybridized carbons (Fsp3) is 0.611. The number of para-hydroxylation sites is 1. The number of rotatable bonds is 1. The van der Waals surface area contributed by atoms with Gasteiger partial charge in [-0.25, -0.2) is 4.79 Å². The van der Waals surface area contributed by atoms with Crippen LogP contribution >= 0.6 is 0 Å². The minimum atomic E-state index is -0.171. The van der Waals surface area contributed by atoms with Crippen LogP contribution < -0.4 is 4.90 Å². The average molecular weight is 291 g/mol. The molecule has 2 aliphatic rings. The molecule has 21 heavy (non-hydrogen) atoms. The number of amides is 1. The number of fused-ring (bicyclic) bond motifs is 1. The van der Waals surface area contributed by atoms with Crippen molar-refractivity contribution in [1.29, 1.82) is 0 Å². The van der Waals surface area contributed by atoms with Gasteiger partial charge in [0, 0.05) is 11.6 Å². The summed E-state index contributed by atoms with van der Waals surface area (Å²) in [5.74, 6) is 0. The Morgan fingerprint density at radius 1 is 1.00 bits per heavy atom. The molecule has 0 aromatic heterocycles. The van der Waals surface area contributed by atoms with Gasteiger partial charge in [-0.15, -0.1) is 0 Å². The molecule has 3 heteroatoms. The maximum atomic E-state index is 12.0. The average Bonchev–Trinajstić information content (AvgIpc) is 2.59. The lowest BCUT2D eigenvalue weighted by molar-refractivity contribution is 0.137. The molecule has 1 aliphatic carbocycles. The van der Waals surface area contributed by atoms with Crippen molar-refractivity contribution in [1.82, 2.24) is 0 Å². The van der Waals surface area contributed by atoms with E-state index in [1.807, 2.05) is 56.9 Å². The van der Waals surface area contributed by atoms with Crippen LogP contribution in [0.4, 0.5) is 10.5 Å². The van der Waals surface area contributed by atoms with Gasteiger partial charge in [0.05, 0.1) is 5.69 Å². The van der Waals surface area contributed by atoms with Gasteiger partial charge in [-0.1, -0.05) is 65.2 Å². The van der Waals surface area contributed by atoms with E-state index in [4.69, 9.17) is 4.74 Å². The topological polar surface area (TPSA) is 29.5 Å². The van der Waals surface area contributed by atoms with Crippen molar-refractivity contribution in [2.24, 2.45) is 0 Å². The molecule has 0 radical (unpaired) electrons. The zero-order valence-electron chi connectivity index (χ0n) is 13.9. The normalized spacial score (nSPS) is 17.5. The molecule has 1 aromatic rings. The first-order valence-electron chi connectivity index (χ1n) is 8.40. The standard InChI is InChI=1S/C14H17NO2.2C2H6/c16-14-15(12-7-2-1-3-8-12)13-9-5-4-6-11(13)10-17-14;2*1-2/h4-6,9,12H,1-3,7-8,10H2;2*1-2H3. The summed E-state index contributed by atoms with van der Waals surface area (Å²) in [6.07, 6.45) is 5.76. The van der Waals surface area contributed by atoms with Crippen LogP contribution in [0.1, 0.15) is 65.4 Å². The monoisotopic (exact) mass is 291 g/mol. The van der Waals surface area contributed by atoms with Crippen molar-refractivity contribution >= 4 is 11.8 Å². The third-order valence-corrected chi connectivity index (χ3v) is 3.74. The quantitative estimate of drug-likeness (QED) is 0.681. The largest absolute Gasteiger partial charge is 0.444 e. The second-order valence-corrected chi connectivity index (χ2v) is 4.85. The summed E-state index contributed by atoms with van der Waals surface area (Å²) < 4.78 is 5.26. The van der Waals surface area contributed by atoms with Crippen LogP contribution in [0, 0.1) is 0 Å². The molecule has 0 spiro atoms. The second-order valence-electron chi connectivity index (χ2n) is 4.85. The second kappa shape index (κ2) is 9.43. The van der Waals surface area contributed by atoms with Crippen LogP contribution in [0.3, 0.4) is 0 Å². The van der Waals surface area contributed by atoms with E-state index in [0.29, 0.717) is 12.6 Å². The van der Waals surface area contributed by atoms with E-state index in [-0.39, 0.29) is 6.09 Å². The molecule has 0 unspecified atom stereocenters. The van der Waals surface area contributed by atoms with E-state index in [0.717, 1.165) is 24.1 Å². The van der Waals surface area contributed by atoms with Crippen LogP contribution in [0.15, 0.2) is 24.3 Å². The number of ether oxygens (including phenoxy) is 1. The lowest BCUT2D eigenvalue weighted by Crippen LogP contribution is -2.44. The molecule has 3 rings (SSSR count). The van der Waals surface area contributed by atoms with Crippen LogP contribution in [0.25, 0.3) is 0 Å². The van der Waals surface area contributed by atoms with Crippen molar-refractivity contribution in [3.05, 3.63) is 29.8 Å². The molecule has 1 aliphatic heterocycles. The molecular formula is C18H29NO2. The first-order chi connectivity index (χ1) is 10.4. The molecule has 1 aromatic carbocycles. The zero-order chi connectivity index (χ0) is 15.7. The first-order valence-corrected chi connectivity index (χ1v) is 8.40.